The van der Waals surface area contributed by atoms with Gasteiger partial charge >= 0.3 is 0 Å². The second kappa shape index (κ2) is 9.42. The zero-order valence-corrected chi connectivity index (χ0v) is 20.1. The van der Waals surface area contributed by atoms with Crippen LogP contribution < -0.4 is 14.6 Å². The summed E-state index contributed by atoms with van der Waals surface area (Å²) in [4.78, 5) is -0.452. The summed E-state index contributed by atoms with van der Waals surface area (Å²) in [6.07, 6.45) is 1.31. The minimum absolute atomic E-state index is 0.234. The van der Waals surface area contributed by atoms with Gasteiger partial charge in [-0.2, -0.15) is 0 Å². The Bertz CT molecular complexity index is 1290. The standard InChI is InChI=1S/C20H21BrN2O6S2/c1-20(2,24)10-8-14-4-6-17(19(12-14)31(22,27)28)23-30(25,26)11-9-15-13-16(21)5-7-18(15)29-3/h4-7,9,11-13,23-24H,1-3H3,(H2,22,27,28). The summed E-state index contributed by atoms with van der Waals surface area (Å²) in [7, 11) is -6.92. The maximum absolute atomic E-state index is 12.5. The van der Waals surface area contributed by atoms with Crippen LogP contribution in [0.25, 0.3) is 6.08 Å². The molecular formula is C20H21BrN2O6S2. The summed E-state index contributed by atoms with van der Waals surface area (Å²) in [6, 6.07) is 8.84. The van der Waals surface area contributed by atoms with E-state index in [9.17, 15) is 21.9 Å². The van der Waals surface area contributed by atoms with Gasteiger partial charge in [0.05, 0.1) is 18.2 Å². The van der Waals surface area contributed by atoms with Crippen molar-refractivity contribution in [2.75, 3.05) is 11.8 Å². The summed E-state index contributed by atoms with van der Waals surface area (Å²) in [6.45, 7) is 2.94. The first-order valence-corrected chi connectivity index (χ1v) is 12.6. The van der Waals surface area contributed by atoms with Crippen LogP contribution in [0.1, 0.15) is 25.0 Å². The van der Waals surface area contributed by atoms with Crippen molar-refractivity contribution in [2.24, 2.45) is 5.14 Å². The largest absolute Gasteiger partial charge is 0.496 e. The van der Waals surface area contributed by atoms with Gasteiger partial charge in [0, 0.05) is 15.6 Å². The molecule has 0 atom stereocenters. The minimum Gasteiger partial charge on any atom is -0.496 e. The molecule has 0 saturated carbocycles. The molecule has 11 heteroatoms. The van der Waals surface area contributed by atoms with Crippen LogP contribution in [0.15, 0.2) is 51.2 Å². The monoisotopic (exact) mass is 528 g/mol. The molecule has 0 aliphatic rings. The van der Waals surface area contributed by atoms with Crippen molar-refractivity contribution in [3.05, 3.63) is 57.4 Å². The molecule has 2 aromatic carbocycles. The smallest absolute Gasteiger partial charge is 0.255 e. The van der Waals surface area contributed by atoms with Crippen LogP contribution in [-0.2, 0) is 20.0 Å². The quantitative estimate of drug-likeness (QED) is 0.493. The summed E-state index contributed by atoms with van der Waals surface area (Å²) in [5.74, 6) is 5.62. The lowest BCUT2D eigenvalue weighted by Crippen LogP contribution is -2.18. The molecule has 2 aromatic rings. The number of ether oxygens (including phenoxy) is 1. The zero-order valence-electron chi connectivity index (χ0n) is 16.9. The fourth-order valence-electron chi connectivity index (χ4n) is 2.33. The summed E-state index contributed by atoms with van der Waals surface area (Å²) >= 11 is 3.30. The third-order valence-corrected chi connectivity index (χ3v) is 6.11. The highest BCUT2D eigenvalue weighted by atomic mass is 79.9. The Labute approximate surface area is 190 Å². The fraction of sp³-hybridized carbons (Fsp3) is 0.200. The van der Waals surface area contributed by atoms with E-state index in [1.54, 1.807) is 18.2 Å². The highest BCUT2D eigenvalue weighted by Gasteiger charge is 2.18. The van der Waals surface area contributed by atoms with E-state index >= 15 is 0 Å². The van der Waals surface area contributed by atoms with E-state index in [-0.39, 0.29) is 11.3 Å². The molecule has 0 aliphatic heterocycles. The van der Waals surface area contributed by atoms with Crippen molar-refractivity contribution < 1.29 is 26.7 Å². The summed E-state index contributed by atoms with van der Waals surface area (Å²) in [5.41, 5.74) is -0.794. The van der Waals surface area contributed by atoms with Crippen molar-refractivity contribution >= 4 is 47.7 Å². The van der Waals surface area contributed by atoms with Gasteiger partial charge in [-0.15, -0.1) is 0 Å². The summed E-state index contributed by atoms with van der Waals surface area (Å²) in [5, 5.41) is 15.8. The van der Waals surface area contributed by atoms with Crippen LogP contribution in [-0.4, -0.2) is 34.7 Å². The van der Waals surface area contributed by atoms with Gasteiger partial charge in [0.15, 0.2) is 0 Å². The Morgan fingerprint density at radius 2 is 1.84 bits per heavy atom. The Morgan fingerprint density at radius 3 is 2.42 bits per heavy atom. The predicted molar refractivity (Wildman–Crippen MR) is 123 cm³/mol. The number of hydrogen-bond donors (Lipinski definition) is 3. The number of aliphatic hydroxyl groups is 1. The minimum atomic E-state index is -4.27. The maximum atomic E-state index is 12.5. The zero-order chi connectivity index (χ0) is 23.4. The lowest BCUT2D eigenvalue weighted by Gasteiger charge is -2.11. The number of rotatable bonds is 6. The van der Waals surface area contributed by atoms with E-state index in [0.717, 1.165) is 15.9 Å². The van der Waals surface area contributed by atoms with Gasteiger partial charge in [0.25, 0.3) is 10.0 Å². The molecule has 0 aliphatic carbocycles. The lowest BCUT2D eigenvalue weighted by molar-refractivity contribution is 0.143. The number of nitrogens with one attached hydrogen (secondary N) is 1. The third-order valence-electron chi connectivity index (χ3n) is 3.67. The molecular weight excluding hydrogens is 508 g/mol. The van der Waals surface area contributed by atoms with Gasteiger partial charge < -0.3 is 9.84 Å². The van der Waals surface area contributed by atoms with Crippen molar-refractivity contribution in [1.29, 1.82) is 0 Å². The van der Waals surface area contributed by atoms with Gasteiger partial charge in [-0.3, -0.25) is 4.72 Å². The Kier molecular flexibility index (Phi) is 7.57. The van der Waals surface area contributed by atoms with E-state index in [0.29, 0.717) is 11.3 Å². The van der Waals surface area contributed by atoms with Crippen molar-refractivity contribution in [3.63, 3.8) is 0 Å². The van der Waals surface area contributed by atoms with Crippen molar-refractivity contribution in [2.45, 2.75) is 24.3 Å². The SMILES string of the molecule is COc1ccc(Br)cc1C=CS(=O)(=O)Nc1ccc(C#CC(C)(C)O)cc1S(N)(=O)=O. The average molecular weight is 529 g/mol. The van der Waals surface area contributed by atoms with Crippen molar-refractivity contribution in [1.82, 2.24) is 0 Å². The maximum Gasteiger partial charge on any atom is 0.255 e. The van der Waals surface area contributed by atoms with Crippen LogP contribution in [0, 0.1) is 11.8 Å². The number of sulfonamides is 2. The fourth-order valence-corrected chi connectivity index (χ4v) is 4.37. The van der Waals surface area contributed by atoms with Crippen LogP contribution in [0.5, 0.6) is 5.75 Å². The second-order valence-corrected chi connectivity index (χ2v) is 10.9. The van der Waals surface area contributed by atoms with Gasteiger partial charge in [-0.25, -0.2) is 22.0 Å². The Balaban J connectivity index is 2.42. The van der Waals surface area contributed by atoms with Crippen LogP contribution in [0.4, 0.5) is 5.69 Å². The Morgan fingerprint density at radius 1 is 1.16 bits per heavy atom. The Hall–Kier alpha value is -2.36. The first-order chi connectivity index (χ1) is 14.2. The number of methoxy groups -OCH3 is 1. The highest BCUT2D eigenvalue weighted by Crippen LogP contribution is 2.26. The van der Waals surface area contributed by atoms with Gasteiger partial charge in [-0.1, -0.05) is 27.8 Å². The molecule has 0 heterocycles. The number of primary sulfonamides is 1. The molecule has 4 N–H and O–H groups in total. The van der Waals surface area contributed by atoms with Crippen LogP contribution >= 0.6 is 15.9 Å². The molecule has 2 rings (SSSR count). The highest BCUT2D eigenvalue weighted by molar-refractivity contribution is 9.10. The van der Waals surface area contributed by atoms with Crippen LogP contribution in [0.2, 0.25) is 0 Å². The van der Waals surface area contributed by atoms with E-state index in [1.807, 2.05) is 0 Å². The van der Waals surface area contributed by atoms with Crippen molar-refractivity contribution in [3.8, 4) is 17.6 Å². The first kappa shape index (κ1) is 24.9. The molecule has 0 saturated heterocycles. The number of halogens is 1. The summed E-state index contributed by atoms with van der Waals surface area (Å²) < 4.78 is 57.2. The average Bonchev–Trinajstić information content (AvgIpc) is 2.64. The van der Waals surface area contributed by atoms with E-state index < -0.39 is 30.5 Å². The molecule has 166 valence electrons. The van der Waals surface area contributed by atoms with Gasteiger partial charge in [0.1, 0.15) is 16.2 Å². The first-order valence-electron chi connectivity index (χ1n) is 8.67. The third kappa shape index (κ3) is 7.68. The van der Waals surface area contributed by atoms with E-state index in [4.69, 9.17) is 9.88 Å². The molecule has 0 radical (unpaired) electrons. The van der Waals surface area contributed by atoms with Crippen LogP contribution in [0.3, 0.4) is 0 Å². The topological polar surface area (TPSA) is 136 Å². The molecule has 0 aromatic heterocycles. The molecule has 0 fully saturated rings. The molecule has 0 spiro atoms. The molecule has 31 heavy (non-hydrogen) atoms. The molecule has 8 nitrogen and oxygen atoms in total. The molecule has 0 amide bonds. The van der Waals surface area contributed by atoms with Gasteiger partial charge in [0.2, 0.25) is 10.0 Å². The number of benzene rings is 2. The van der Waals surface area contributed by atoms with E-state index in [2.05, 4.69) is 32.5 Å². The lowest BCUT2D eigenvalue weighted by atomic mass is 10.1. The second-order valence-electron chi connectivity index (χ2n) is 6.90. The van der Waals surface area contributed by atoms with Gasteiger partial charge in [-0.05, 0) is 56.3 Å². The molecule has 0 bridgehead atoms. The normalized spacial score (nSPS) is 12.3. The number of hydrogen-bond acceptors (Lipinski definition) is 6. The number of nitrogens with two attached hydrogens (primary N) is 1. The number of anilines is 1. The molecule has 0 unspecified atom stereocenters. The van der Waals surface area contributed by atoms with E-state index in [1.165, 1.54) is 39.2 Å². The predicted octanol–water partition coefficient (Wildman–Crippen LogP) is 2.64.